The number of ether oxygens (including phenoxy) is 2. The van der Waals surface area contributed by atoms with Gasteiger partial charge in [-0.3, -0.25) is 4.79 Å². The van der Waals surface area contributed by atoms with Crippen molar-refractivity contribution in [1.29, 1.82) is 0 Å². The van der Waals surface area contributed by atoms with Gasteiger partial charge in [0.05, 0.1) is 13.2 Å². The van der Waals surface area contributed by atoms with Gasteiger partial charge in [0, 0.05) is 24.7 Å². The highest BCUT2D eigenvalue weighted by Gasteiger charge is 2.26. The number of aryl methyl sites for hydroxylation is 1. The predicted octanol–water partition coefficient (Wildman–Crippen LogP) is 3.80. The molecule has 3 rings (SSSR count). The number of benzene rings is 2. The zero-order chi connectivity index (χ0) is 19.9. The lowest BCUT2D eigenvalue weighted by Gasteiger charge is -2.33. The van der Waals surface area contributed by atoms with Gasteiger partial charge in [-0.15, -0.1) is 0 Å². The Hall–Kier alpha value is -2.69. The van der Waals surface area contributed by atoms with Gasteiger partial charge in [0.15, 0.2) is 0 Å². The molecule has 1 aliphatic heterocycles. The monoisotopic (exact) mass is 382 g/mol. The van der Waals surface area contributed by atoms with Crippen LogP contribution < -0.4 is 19.7 Å². The van der Waals surface area contributed by atoms with Crippen LogP contribution in [0.4, 0.5) is 5.69 Å². The van der Waals surface area contributed by atoms with Gasteiger partial charge in [0.1, 0.15) is 18.1 Å². The fourth-order valence-corrected chi connectivity index (χ4v) is 3.45. The van der Waals surface area contributed by atoms with Crippen LogP contribution >= 0.6 is 0 Å². The van der Waals surface area contributed by atoms with Crippen LogP contribution in [-0.4, -0.2) is 38.8 Å². The molecule has 1 saturated heterocycles. The van der Waals surface area contributed by atoms with Gasteiger partial charge in [0.25, 0.3) is 0 Å². The van der Waals surface area contributed by atoms with Crippen molar-refractivity contribution < 1.29 is 14.3 Å². The number of piperidine rings is 1. The number of carbonyl (C=O) groups is 1. The van der Waals surface area contributed by atoms with E-state index in [-0.39, 0.29) is 17.9 Å². The minimum absolute atomic E-state index is 0.0373. The van der Waals surface area contributed by atoms with Crippen molar-refractivity contribution in [3.63, 3.8) is 0 Å². The number of hydrogen-bond donors (Lipinski definition) is 1. The first-order valence-electron chi connectivity index (χ1n) is 9.94. The molecule has 0 saturated carbocycles. The first-order chi connectivity index (χ1) is 13.5. The quantitative estimate of drug-likeness (QED) is 0.791. The molecule has 1 N–H and O–H groups in total. The van der Waals surface area contributed by atoms with E-state index in [1.165, 1.54) is 11.3 Å². The molecule has 0 aromatic heterocycles. The van der Waals surface area contributed by atoms with E-state index < -0.39 is 0 Å². The summed E-state index contributed by atoms with van der Waals surface area (Å²) in [5.74, 6) is 1.78. The topological polar surface area (TPSA) is 50.8 Å². The van der Waals surface area contributed by atoms with Crippen molar-refractivity contribution in [1.82, 2.24) is 5.32 Å². The third kappa shape index (κ3) is 5.41. The highest BCUT2D eigenvalue weighted by molar-refractivity contribution is 5.79. The summed E-state index contributed by atoms with van der Waals surface area (Å²) < 4.78 is 10.9. The molecule has 1 atom stereocenters. The molecule has 0 aliphatic carbocycles. The first-order valence-corrected chi connectivity index (χ1v) is 9.94. The van der Waals surface area contributed by atoms with Crippen LogP contribution in [0.5, 0.6) is 11.5 Å². The van der Waals surface area contributed by atoms with Crippen molar-refractivity contribution in [2.24, 2.45) is 5.92 Å². The van der Waals surface area contributed by atoms with Crippen LogP contribution in [-0.2, 0) is 4.79 Å². The lowest BCUT2D eigenvalue weighted by molar-refractivity contribution is -0.126. The SMILES string of the molecule is COc1ccc(OC[C@@H](C)NC(=O)C2CCN(c3ccc(C)cc3)CC2)cc1. The van der Waals surface area contributed by atoms with Crippen LogP contribution in [0.2, 0.25) is 0 Å². The minimum atomic E-state index is -0.0373. The summed E-state index contributed by atoms with van der Waals surface area (Å²) in [5.41, 5.74) is 2.51. The van der Waals surface area contributed by atoms with E-state index in [4.69, 9.17) is 9.47 Å². The standard InChI is InChI=1S/C23H30N2O3/c1-17-4-6-20(7-5-17)25-14-12-19(13-15-25)23(26)24-18(2)16-28-22-10-8-21(27-3)9-11-22/h4-11,18-19H,12-16H2,1-3H3,(H,24,26)/t18-/m1/s1. The summed E-state index contributed by atoms with van der Waals surface area (Å²) in [4.78, 5) is 15.0. The molecule has 0 bridgehead atoms. The van der Waals surface area contributed by atoms with Crippen LogP contribution in [0.3, 0.4) is 0 Å². The minimum Gasteiger partial charge on any atom is -0.497 e. The Bertz CT molecular complexity index is 750. The molecule has 1 heterocycles. The molecule has 0 radical (unpaired) electrons. The smallest absolute Gasteiger partial charge is 0.223 e. The average Bonchev–Trinajstić information content (AvgIpc) is 2.73. The summed E-state index contributed by atoms with van der Waals surface area (Å²) >= 11 is 0. The van der Waals surface area contributed by atoms with Crippen LogP contribution in [0.15, 0.2) is 48.5 Å². The average molecular weight is 383 g/mol. The molecule has 1 aliphatic rings. The zero-order valence-electron chi connectivity index (χ0n) is 17.0. The van der Waals surface area contributed by atoms with E-state index in [0.29, 0.717) is 6.61 Å². The zero-order valence-corrected chi connectivity index (χ0v) is 17.0. The number of methoxy groups -OCH3 is 1. The van der Waals surface area contributed by atoms with E-state index in [1.54, 1.807) is 7.11 Å². The predicted molar refractivity (Wildman–Crippen MR) is 112 cm³/mol. The van der Waals surface area contributed by atoms with Crippen LogP contribution in [0.25, 0.3) is 0 Å². The Kier molecular flexibility index (Phi) is 6.80. The van der Waals surface area contributed by atoms with Gasteiger partial charge in [-0.2, -0.15) is 0 Å². The number of rotatable bonds is 7. The Labute approximate surface area is 167 Å². The van der Waals surface area contributed by atoms with Crippen LogP contribution in [0, 0.1) is 12.8 Å². The van der Waals surface area contributed by atoms with E-state index in [9.17, 15) is 4.79 Å². The molecule has 2 aromatic carbocycles. The molecule has 150 valence electrons. The number of anilines is 1. The van der Waals surface area contributed by atoms with E-state index in [2.05, 4.69) is 41.4 Å². The lowest BCUT2D eigenvalue weighted by atomic mass is 9.95. The molecule has 0 unspecified atom stereocenters. The second-order valence-corrected chi connectivity index (χ2v) is 7.49. The normalized spacial score (nSPS) is 15.8. The highest BCUT2D eigenvalue weighted by Crippen LogP contribution is 2.24. The molecule has 1 fully saturated rings. The summed E-state index contributed by atoms with van der Waals surface area (Å²) in [7, 11) is 1.64. The summed E-state index contributed by atoms with van der Waals surface area (Å²) in [6, 6.07) is 16.0. The van der Waals surface area contributed by atoms with Gasteiger partial charge >= 0.3 is 0 Å². The number of nitrogens with one attached hydrogen (secondary N) is 1. The fourth-order valence-electron chi connectivity index (χ4n) is 3.45. The van der Waals surface area contributed by atoms with Gasteiger partial charge in [-0.25, -0.2) is 0 Å². The number of hydrogen-bond acceptors (Lipinski definition) is 4. The maximum absolute atomic E-state index is 12.6. The molecule has 28 heavy (non-hydrogen) atoms. The van der Waals surface area contributed by atoms with Gasteiger partial charge < -0.3 is 19.7 Å². The van der Waals surface area contributed by atoms with Crippen LogP contribution in [0.1, 0.15) is 25.3 Å². The van der Waals surface area contributed by atoms with Crippen molar-refractivity contribution in [2.75, 3.05) is 31.7 Å². The maximum atomic E-state index is 12.6. The Balaban J connectivity index is 1.41. The summed E-state index contributed by atoms with van der Waals surface area (Å²) in [5, 5.41) is 3.10. The maximum Gasteiger partial charge on any atom is 0.223 e. The molecule has 1 amide bonds. The van der Waals surface area contributed by atoms with E-state index >= 15 is 0 Å². The number of carbonyl (C=O) groups excluding carboxylic acids is 1. The molecular formula is C23H30N2O3. The second kappa shape index (κ2) is 9.49. The second-order valence-electron chi connectivity index (χ2n) is 7.49. The van der Waals surface area contributed by atoms with Crippen molar-refractivity contribution in [3.8, 4) is 11.5 Å². The molecular weight excluding hydrogens is 352 g/mol. The van der Waals surface area contributed by atoms with E-state index in [0.717, 1.165) is 37.4 Å². The molecule has 5 heteroatoms. The third-order valence-electron chi connectivity index (χ3n) is 5.21. The van der Waals surface area contributed by atoms with Crippen molar-refractivity contribution >= 4 is 11.6 Å². The largest absolute Gasteiger partial charge is 0.497 e. The van der Waals surface area contributed by atoms with Crippen molar-refractivity contribution in [3.05, 3.63) is 54.1 Å². The van der Waals surface area contributed by atoms with Crippen molar-refractivity contribution in [2.45, 2.75) is 32.7 Å². The molecule has 5 nitrogen and oxygen atoms in total. The van der Waals surface area contributed by atoms with E-state index in [1.807, 2.05) is 31.2 Å². The highest BCUT2D eigenvalue weighted by atomic mass is 16.5. The number of amides is 1. The summed E-state index contributed by atoms with van der Waals surface area (Å²) in [6.07, 6.45) is 1.76. The fraction of sp³-hybridized carbons (Fsp3) is 0.435. The third-order valence-corrected chi connectivity index (χ3v) is 5.21. The molecule has 0 spiro atoms. The lowest BCUT2D eigenvalue weighted by Crippen LogP contribution is -2.44. The van der Waals surface area contributed by atoms with Gasteiger partial charge in [-0.1, -0.05) is 17.7 Å². The summed E-state index contributed by atoms with van der Waals surface area (Å²) in [6.45, 7) is 6.35. The molecule has 2 aromatic rings. The Morgan fingerprint density at radius 3 is 2.29 bits per heavy atom. The first kappa shape index (κ1) is 20.1. The Morgan fingerprint density at radius 1 is 1.07 bits per heavy atom. The van der Waals surface area contributed by atoms with Gasteiger partial charge in [0.2, 0.25) is 5.91 Å². The Morgan fingerprint density at radius 2 is 1.68 bits per heavy atom. The number of nitrogens with zero attached hydrogens (tertiary/aromatic N) is 1. The van der Waals surface area contributed by atoms with Gasteiger partial charge in [-0.05, 0) is 63.1 Å².